The molecule has 1 N–H and O–H groups in total. The quantitative estimate of drug-likeness (QED) is 0.680. The van der Waals surface area contributed by atoms with Crippen molar-refractivity contribution in [3.05, 3.63) is 12.2 Å². The summed E-state index contributed by atoms with van der Waals surface area (Å²) in [5.41, 5.74) is 0. The van der Waals surface area contributed by atoms with Crippen LogP contribution in [0.5, 0.6) is 0 Å². The van der Waals surface area contributed by atoms with Gasteiger partial charge in [0, 0.05) is 27.8 Å². The Bertz CT molecular complexity index is 285. The molecule has 0 saturated carbocycles. The molecule has 0 fully saturated rings. The molecule has 86 valence electrons. The van der Waals surface area contributed by atoms with Crippen LogP contribution < -0.4 is 5.32 Å². The second-order valence-electron chi connectivity index (χ2n) is 3.33. The SMILES string of the molecule is COC(CNC(C)c1nncn1C)OC. The summed E-state index contributed by atoms with van der Waals surface area (Å²) in [6, 6.07) is 0.116. The summed E-state index contributed by atoms with van der Waals surface area (Å²) in [4.78, 5) is 0. The van der Waals surface area contributed by atoms with Crippen LogP contribution in [0.3, 0.4) is 0 Å². The fourth-order valence-corrected chi connectivity index (χ4v) is 1.31. The monoisotopic (exact) mass is 214 g/mol. The third-order valence-electron chi connectivity index (χ3n) is 2.25. The van der Waals surface area contributed by atoms with Crippen LogP contribution in [0.4, 0.5) is 0 Å². The van der Waals surface area contributed by atoms with Crippen LogP contribution in [0.2, 0.25) is 0 Å². The highest BCUT2D eigenvalue weighted by atomic mass is 16.7. The summed E-state index contributed by atoms with van der Waals surface area (Å²) in [6.07, 6.45) is 1.44. The smallest absolute Gasteiger partial charge is 0.169 e. The fourth-order valence-electron chi connectivity index (χ4n) is 1.31. The Balaban J connectivity index is 2.42. The lowest BCUT2D eigenvalue weighted by molar-refractivity contribution is -0.0998. The number of aromatic nitrogens is 3. The molecule has 0 aromatic carbocycles. The molecule has 15 heavy (non-hydrogen) atoms. The standard InChI is InChI=1S/C9H18N4O2/c1-7(9-12-11-6-13(9)2)10-5-8(14-3)15-4/h6-8,10H,5H2,1-4H3. The van der Waals surface area contributed by atoms with Crippen molar-refractivity contribution in [1.82, 2.24) is 20.1 Å². The Morgan fingerprint density at radius 1 is 1.47 bits per heavy atom. The number of nitrogens with one attached hydrogen (secondary N) is 1. The maximum Gasteiger partial charge on any atom is 0.169 e. The van der Waals surface area contributed by atoms with Gasteiger partial charge in [0.05, 0.1) is 6.04 Å². The van der Waals surface area contributed by atoms with Gasteiger partial charge >= 0.3 is 0 Å². The molecule has 0 bridgehead atoms. The first-order chi connectivity index (χ1) is 7.19. The number of hydrogen-bond donors (Lipinski definition) is 1. The van der Waals surface area contributed by atoms with E-state index in [2.05, 4.69) is 15.5 Å². The first-order valence-corrected chi connectivity index (χ1v) is 4.82. The molecule has 1 heterocycles. The predicted octanol–water partition coefficient (Wildman–Crippen LogP) is 0.0846. The van der Waals surface area contributed by atoms with Gasteiger partial charge in [-0.15, -0.1) is 10.2 Å². The average molecular weight is 214 g/mol. The molecular weight excluding hydrogens is 196 g/mol. The summed E-state index contributed by atoms with van der Waals surface area (Å²) in [6.45, 7) is 2.63. The molecule has 1 aromatic rings. The van der Waals surface area contributed by atoms with Gasteiger partial charge in [0.2, 0.25) is 0 Å². The molecule has 1 atom stereocenters. The molecule has 0 aliphatic carbocycles. The van der Waals surface area contributed by atoms with Crippen LogP contribution >= 0.6 is 0 Å². The first kappa shape index (κ1) is 12.1. The summed E-state index contributed by atoms with van der Waals surface area (Å²) in [7, 11) is 5.14. The zero-order valence-electron chi connectivity index (χ0n) is 9.60. The Morgan fingerprint density at radius 2 is 2.13 bits per heavy atom. The zero-order valence-corrected chi connectivity index (χ0v) is 9.60. The van der Waals surface area contributed by atoms with Crippen molar-refractivity contribution in [2.45, 2.75) is 19.3 Å². The first-order valence-electron chi connectivity index (χ1n) is 4.82. The molecule has 0 aliphatic rings. The average Bonchev–Trinajstić information content (AvgIpc) is 2.66. The van der Waals surface area contributed by atoms with Gasteiger partial charge in [-0.05, 0) is 6.92 Å². The molecule has 0 saturated heterocycles. The summed E-state index contributed by atoms with van der Waals surface area (Å²) in [5, 5.41) is 11.1. The van der Waals surface area contributed by atoms with E-state index in [1.807, 2.05) is 18.5 Å². The highest BCUT2D eigenvalue weighted by Crippen LogP contribution is 2.06. The molecule has 0 amide bonds. The van der Waals surface area contributed by atoms with E-state index in [0.29, 0.717) is 6.54 Å². The van der Waals surface area contributed by atoms with Crippen molar-refractivity contribution in [3.8, 4) is 0 Å². The molecule has 0 spiro atoms. The molecule has 6 heteroatoms. The number of nitrogens with zero attached hydrogens (tertiary/aromatic N) is 3. The minimum absolute atomic E-state index is 0.116. The number of aryl methyl sites for hydroxylation is 1. The molecule has 1 aromatic heterocycles. The van der Waals surface area contributed by atoms with Crippen LogP contribution in [0.1, 0.15) is 18.8 Å². The normalized spacial score (nSPS) is 13.4. The number of methoxy groups -OCH3 is 2. The molecule has 1 rings (SSSR count). The van der Waals surface area contributed by atoms with E-state index >= 15 is 0 Å². The Kier molecular flexibility index (Phi) is 4.67. The maximum atomic E-state index is 5.07. The topological polar surface area (TPSA) is 61.2 Å². The van der Waals surface area contributed by atoms with E-state index in [-0.39, 0.29) is 12.3 Å². The van der Waals surface area contributed by atoms with Crippen molar-refractivity contribution in [2.24, 2.45) is 7.05 Å². The fraction of sp³-hybridized carbons (Fsp3) is 0.778. The van der Waals surface area contributed by atoms with Crippen LogP contribution in [0.15, 0.2) is 6.33 Å². The van der Waals surface area contributed by atoms with Gasteiger partial charge in [0.25, 0.3) is 0 Å². The van der Waals surface area contributed by atoms with E-state index in [1.165, 1.54) is 0 Å². The molecule has 0 radical (unpaired) electrons. The molecule has 1 unspecified atom stereocenters. The van der Waals surface area contributed by atoms with Gasteiger partial charge in [-0.2, -0.15) is 0 Å². The van der Waals surface area contributed by atoms with Crippen LogP contribution in [0.25, 0.3) is 0 Å². The molecule has 6 nitrogen and oxygen atoms in total. The van der Waals surface area contributed by atoms with Gasteiger partial charge in [0.1, 0.15) is 12.2 Å². The third kappa shape index (κ3) is 3.26. The summed E-state index contributed by atoms with van der Waals surface area (Å²) < 4.78 is 12.0. The highest BCUT2D eigenvalue weighted by molar-refractivity contribution is 4.91. The van der Waals surface area contributed by atoms with Gasteiger partial charge < -0.3 is 19.4 Å². The minimum Gasteiger partial charge on any atom is -0.355 e. The van der Waals surface area contributed by atoms with Crippen molar-refractivity contribution in [1.29, 1.82) is 0 Å². The van der Waals surface area contributed by atoms with E-state index in [4.69, 9.17) is 9.47 Å². The molecule has 0 aliphatic heterocycles. The van der Waals surface area contributed by atoms with Crippen LogP contribution in [-0.4, -0.2) is 41.8 Å². The van der Waals surface area contributed by atoms with E-state index in [0.717, 1.165) is 5.82 Å². The number of rotatable bonds is 6. The van der Waals surface area contributed by atoms with E-state index < -0.39 is 0 Å². The van der Waals surface area contributed by atoms with Crippen molar-refractivity contribution >= 4 is 0 Å². The highest BCUT2D eigenvalue weighted by Gasteiger charge is 2.13. The van der Waals surface area contributed by atoms with E-state index in [1.54, 1.807) is 20.5 Å². The van der Waals surface area contributed by atoms with Gasteiger partial charge in [0.15, 0.2) is 6.29 Å². The summed E-state index contributed by atoms with van der Waals surface area (Å²) >= 11 is 0. The van der Waals surface area contributed by atoms with Crippen molar-refractivity contribution in [3.63, 3.8) is 0 Å². The van der Waals surface area contributed by atoms with E-state index in [9.17, 15) is 0 Å². The second kappa shape index (κ2) is 5.79. The van der Waals surface area contributed by atoms with Crippen molar-refractivity contribution in [2.75, 3.05) is 20.8 Å². The van der Waals surface area contributed by atoms with Crippen LogP contribution in [-0.2, 0) is 16.5 Å². The lowest BCUT2D eigenvalue weighted by Crippen LogP contribution is -2.32. The number of hydrogen-bond acceptors (Lipinski definition) is 5. The van der Waals surface area contributed by atoms with Gasteiger partial charge in [-0.1, -0.05) is 0 Å². The zero-order chi connectivity index (χ0) is 11.3. The second-order valence-corrected chi connectivity index (χ2v) is 3.33. The Hall–Kier alpha value is -0.980. The third-order valence-corrected chi connectivity index (χ3v) is 2.25. The largest absolute Gasteiger partial charge is 0.355 e. The number of ether oxygens (including phenoxy) is 2. The molecular formula is C9H18N4O2. The lowest BCUT2D eigenvalue weighted by atomic mass is 10.3. The van der Waals surface area contributed by atoms with Gasteiger partial charge in [-0.3, -0.25) is 0 Å². The maximum absolute atomic E-state index is 5.07. The van der Waals surface area contributed by atoms with Crippen LogP contribution in [0, 0.1) is 0 Å². The predicted molar refractivity (Wildman–Crippen MR) is 55.2 cm³/mol. The Morgan fingerprint density at radius 3 is 2.60 bits per heavy atom. The lowest BCUT2D eigenvalue weighted by Gasteiger charge is -2.17. The Labute approximate surface area is 89.6 Å². The minimum atomic E-state index is -0.235. The summed E-state index contributed by atoms with van der Waals surface area (Å²) in [5.74, 6) is 0.890. The van der Waals surface area contributed by atoms with Crippen molar-refractivity contribution < 1.29 is 9.47 Å². The van der Waals surface area contributed by atoms with Gasteiger partial charge in [-0.25, -0.2) is 0 Å².